The lowest BCUT2D eigenvalue weighted by molar-refractivity contribution is -0.130. The molecule has 1 aliphatic rings. The lowest BCUT2D eigenvalue weighted by Crippen LogP contribution is -2.05. The highest BCUT2D eigenvalue weighted by Crippen LogP contribution is 2.25. The summed E-state index contributed by atoms with van der Waals surface area (Å²) in [7, 11) is 1.48. The van der Waals surface area contributed by atoms with E-state index in [0.717, 1.165) is 5.56 Å². The molecule has 128 valence electrons. The zero-order valence-electron chi connectivity index (χ0n) is 13.5. The highest BCUT2D eigenvalue weighted by molar-refractivity contribution is 6.30. The fourth-order valence-electron chi connectivity index (χ4n) is 2.43. The number of hydrogen-bond acceptors (Lipinski definition) is 4. The molecule has 0 amide bonds. The van der Waals surface area contributed by atoms with Gasteiger partial charge in [0.15, 0.2) is 11.6 Å². The third kappa shape index (κ3) is 4.25. The quantitative estimate of drug-likeness (QED) is 0.586. The second-order valence-electron chi connectivity index (χ2n) is 5.44. The van der Waals surface area contributed by atoms with Gasteiger partial charge in [-0.05, 0) is 48.4 Å². The normalized spacial score (nSPS) is 15.2. The molecule has 0 aromatic heterocycles. The van der Waals surface area contributed by atoms with Crippen LogP contribution in [0, 0.1) is 5.82 Å². The highest BCUT2D eigenvalue weighted by atomic mass is 35.5. The molecule has 0 spiro atoms. The lowest BCUT2D eigenvalue weighted by Gasteiger charge is -2.04. The van der Waals surface area contributed by atoms with Gasteiger partial charge in [0, 0.05) is 17.0 Å². The van der Waals surface area contributed by atoms with Gasteiger partial charge in [-0.2, -0.15) is 0 Å². The van der Waals surface area contributed by atoms with E-state index >= 15 is 0 Å². The first kappa shape index (κ1) is 17.2. The van der Waals surface area contributed by atoms with Crippen molar-refractivity contribution in [3.8, 4) is 5.75 Å². The van der Waals surface area contributed by atoms with Gasteiger partial charge in [0.25, 0.3) is 0 Å². The zero-order valence-corrected chi connectivity index (χ0v) is 14.2. The maximum absolute atomic E-state index is 13.4. The number of halogens is 2. The molecule has 0 unspecified atom stereocenters. The first-order chi connectivity index (χ1) is 12.0. The van der Waals surface area contributed by atoms with Gasteiger partial charge in [0.2, 0.25) is 0 Å². The number of esters is 1. The zero-order chi connectivity index (χ0) is 17.8. The fourth-order valence-corrected chi connectivity index (χ4v) is 2.55. The highest BCUT2D eigenvalue weighted by Gasteiger charge is 2.23. The average molecular weight is 360 g/mol. The number of carbonyl (C=O) groups is 1. The molecule has 25 heavy (non-hydrogen) atoms. The SMILES string of the molecule is COc1ccc(F)cc1/C=C1/N=C(CCc2ccc(Cl)cc2)OC1=O. The van der Waals surface area contributed by atoms with Gasteiger partial charge in [0.05, 0.1) is 7.11 Å². The van der Waals surface area contributed by atoms with Crippen molar-refractivity contribution in [2.75, 3.05) is 7.11 Å². The van der Waals surface area contributed by atoms with E-state index in [1.54, 1.807) is 12.1 Å². The molecule has 0 saturated carbocycles. The summed E-state index contributed by atoms with van der Waals surface area (Å²) in [5, 5.41) is 0.669. The number of methoxy groups -OCH3 is 1. The maximum Gasteiger partial charge on any atom is 0.363 e. The Morgan fingerprint density at radius 1 is 1.20 bits per heavy atom. The van der Waals surface area contributed by atoms with Crippen molar-refractivity contribution < 1.29 is 18.7 Å². The number of ether oxygens (including phenoxy) is 2. The standard InChI is InChI=1S/C19H15ClFNO3/c1-24-17-8-7-15(21)10-13(17)11-16-19(23)25-18(22-16)9-4-12-2-5-14(20)6-3-12/h2-3,5-8,10-11H,4,9H2,1H3/b16-11+. The van der Waals surface area contributed by atoms with Crippen LogP contribution in [-0.4, -0.2) is 19.0 Å². The molecule has 0 saturated heterocycles. The Bertz CT molecular complexity index is 859. The van der Waals surface area contributed by atoms with Gasteiger partial charge in [-0.25, -0.2) is 14.2 Å². The number of cyclic esters (lactones) is 1. The number of benzene rings is 2. The van der Waals surface area contributed by atoms with E-state index in [9.17, 15) is 9.18 Å². The molecule has 0 atom stereocenters. The molecule has 0 radical (unpaired) electrons. The number of rotatable bonds is 5. The number of aryl methyl sites for hydroxylation is 1. The van der Waals surface area contributed by atoms with E-state index < -0.39 is 11.8 Å². The Balaban J connectivity index is 1.76. The number of nitrogens with zero attached hydrogens (tertiary/aromatic N) is 1. The Morgan fingerprint density at radius 2 is 1.96 bits per heavy atom. The topological polar surface area (TPSA) is 47.9 Å². The second-order valence-corrected chi connectivity index (χ2v) is 5.87. The van der Waals surface area contributed by atoms with E-state index in [1.165, 1.54) is 31.4 Å². The van der Waals surface area contributed by atoms with Gasteiger partial charge >= 0.3 is 5.97 Å². The van der Waals surface area contributed by atoms with Crippen LogP contribution in [0.1, 0.15) is 17.5 Å². The van der Waals surface area contributed by atoms with Crippen LogP contribution in [0.4, 0.5) is 4.39 Å². The lowest BCUT2D eigenvalue weighted by atomic mass is 10.1. The van der Waals surface area contributed by atoms with Crippen LogP contribution in [0.25, 0.3) is 6.08 Å². The predicted octanol–water partition coefficient (Wildman–Crippen LogP) is 4.42. The van der Waals surface area contributed by atoms with Crippen LogP contribution >= 0.6 is 11.6 Å². The number of hydrogen-bond donors (Lipinski definition) is 0. The Hall–Kier alpha value is -2.66. The molecule has 1 heterocycles. The maximum atomic E-state index is 13.4. The van der Waals surface area contributed by atoms with Crippen molar-refractivity contribution in [1.29, 1.82) is 0 Å². The molecular formula is C19H15ClFNO3. The minimum Gasteiger partial charge on any atom is -0.496 e. The molecule has 0 bridgehead atoms. The van der Waals surface area contributed by atoms with Crippen molar-refractivity contribution in [2.24, 2.45) is 4.99 Å². The van der Waals surface area contributed by atoms with Gasteiger partial charge in [-0.3, -0.25) is 0 Å². The van der Waals surface area contributed by atoms with Crippen LogP contribution in [0.5, 0.6) is 5.75 Å². The fraction of sp³-hybridized carbons (Fsp3) is 0.158. The molecule has 1 aliphatic heterocycles. The van der Waals surface area contributed by atoms with Crippen LogP contribution in [-0.2, 0) is 16.0 Å². The van der Waals surface area contributed by atoms with Crippen molar-refractivity contribution in [2.45, 2.75) is 12.8 Å². The third-order valence-electron chi connectivity index (χ3n) is 3.69. The van der Waals surface area contributed by atoms with E-state index in [1.807, 2.05) is 12.1 Å². The van der Waals surface area contributed by atoms with Gasteiger partial charge in [-0.1, -0.05) is 23.7 Å². The Morgan fingerprint density at radius 3 is 2.68 bits per heavy atom. The van der Waals surface area contributed by atoms with E-state index in [2.05, 4.69) is 4.99 Å². The molecule has 6 heteroatoms. The average Bonchev–Trinajstić information content (AvgIpc) is 2.94. The minimum atomic E-state index is -0.558. The summed E-state index contributed by atoms with van der Waals surface area (Å²) in [6.45, 7) is 0. The first-order valence-corrected chi connectivity index (χ1v) is 8.02. The molecule has 0 aliphatic carbocycles. The summed E-state index contributed by atoms with van der Waals surface area (Å²) in [4.78, 5) is 16.2. The Kier molecular flexibility index (Phi) is 5.14. The Labute approximate surface area is 149 Å². The van der Waals surface area contributed by atoms with Crippen LogP contribution in [0.2, 0.25) is 5.02 Å². The predicted molar refractivity (Wildman–Crippen MR) is 94.2 cm³/mol. The van der Waals surface area contributed by atoms with Crippen LogP contribution in [0.15, 0.2) is 53.2 Å². The summed E-state index contributed by atoms with van der Waals surface area (Å²) >= 11 is 5.85. The molecule has 4 nitrogen and oxygen atoms in total. The number of carbonyl (C=O) groups excluding carboxylic acids is 1. The van der Waals surface area contributed by atoms with E-state index in [0.29, 0.717) is 35.1 Å². The van der Waals surface area contributed by atoms with E-state index in [4.69, 9.17) is 21.1 Å². The molecule has 0 fully saturated rings. The summed E-state index contributed by atoms with van der Waals surface area (Å²) in [5.41, 5.74) is 1.61. The summed E-state index contributed by atoms with van der Waals surface area (Å²) in [5.74, 6) is -0.198. The largest absolute Gasteiger partial charge is 0.496 e. The third-order valence-corrected chi connectivity index (χ3v) is 3.94. The van der Waals surface area contributed by atoms with Crippen LogP contribution in [0.3, 0.4) is 0 Å². The monoisotopic (exact) mass is 359 g/mol. The minimum absolute atomic E-state index is 0.120. The van der Waals surface area contributed by atoms with Crippen molar-refractivity contribution in [3.63, 3.8) is 0 Å². The molecule has 2 aromatic carbocycles. The summed E-state index contributed by atoms with van der Waals surface area (Å²) in [6.07, 6.45) is 2.60. The van der Waals surface area contributed by atoms with E-state index in [-0.39, 0.29) is 5.70 Å². The first-order valence-electron chi connectivity index (χ1n) is 7.64. The number of aliphatic imine (C=N–C) groups is 1. The van der Waals surface area contributed by atoms with Crippen molar-refractivity contribution in [1.82, 2.24) is 0 Å². The summed E-state index contributed by atoms with van der Waals surface area (Å²) < 4.78 is 23.8. The molecular weight excluding hydrogens is 345 g/mol. The van der Waals surface area contributed by atoms with Gasteiger partial charge in [0.1, 0.15) is 11.6 Å². The van der Waals surface area contributed by atoms with Gasteiger partial charge < -0.3 is 9.47 Å². The molecule has 0 N–H and O–H groups in total. The van der Waals surface area contributed by atoms with Crippen LogP contribution < -0.4 is 4.74 Å². The molecule has 3 rings (SSSR count). The summed E-state index contributed by atoms with van der Waals surface area (Å²) in [6, 6.07) is 11.5. The molecule has 2 aromatic rings. The van der Waals surface area contributed by atoms with Crippen molar-refractivity contribution in [3.05, 3.63) is 70.1 Å². The van der Waals surface area contributed by atoms with Gasteiger partial charge in [-0.15, -0.1) is 0 Å². The smallest absolute Gasteiger partial charge is 0.363 e. The van der Waals surface area contributed by atoms with Crippen molar-refractivity contribution >= 4 is 29.5 Å². The second kappa shape index (κ2) is 7.49.